The summed E-state index contributed by atoms with van der Waals surface area (Å²) in [6.45, 7) is 0.592. The molecule has 0 aromatic heterocycles. The van der Waals surface area contributed by atoms with Crippen molar-refractivity contribution < 1.29 is 5.11 Å². The molecule has 0 fully saturated rings. The number of aromatic hydroxyl groups is 1. The summed E-state index contributed by atoms with van der Waals surface area (Å²) in [5.74, 6) is 5.72. The molecule has 0 aliphatic carbocycles. The van der Waals surface area contributed by atoms with Crippen LogP contribution in [-0.2, 0) is 0 Å². The number of nitrogen functional groups attached to an aromatic ring is 1. The summed E-state index contributed by atoms with van der Waals surface area (Å²) in [4.78, 5) is 0. The monoisotopic (exact) mass is 176 g/mol. The number of anilines is 1. The Bertz CT molecular complexity index is 350. The normalized spacial score (nSPS) is 9.00. The first kappa shape index (κ1) is 9.43. The van der Waals surface area contributed by atoms with Crippen molar-refractivity contribution in [3.05, 3.63) is 23.8 Å². The highest BCUT2D eigenvalue weighted by Crippen LogP contribution is 2.22. The van der Waals surface area contributed by atoms with E-state index in [1.807, 2.05) is 7.05 Å². The van der Waals surface area contributed by atoms with Crippen LogP contribution in [0.4, 0.5) is 5.69 Å². The number of phenolic OH excluding ortho intramolecular Hbond substituents is 1. The molecule has 0 saturated carbocycles. The summed E-state index contributed by atoms with van der Waals surface area (Å²) in [6.07, 6.45) is 0. The van der Waals surface area contributed by atoms with Crippen LogP contribution in [0.3, 0.4) is 0 Å². The van der Waals surface area contributed by atoms with E-state index in [0.29, 0.717) is 17.8 Å². The number of phenols is 1. The molecule has 3 heteroatoms. The summed E-state index contributed by atoms with van der Waals surface area (Å²) in [5.41, 5.74) is 6.41. The fourth-order valence-electron chi connectivity index (χ4n) is 0.890. The van der Waals surface area contributed by atoms with Crippen LogP contribution in [-0.4, -0.2) is 18.7 Å². The summed E-state index contributed by atoms with van der Waals surface area (Å²) >= 11 is 0. The summed E-state index contributed by atoms with van der Waals surface area (Å²) in [6, 6.07) is 5.13. The standard InChI is InChI=1S/C10H12N2O/c1-12-7-3-5-8-4-2-6-9(11)10(8)13/h2,4,6,12-13H,7,11H2,1H3. The molecule has 0 atom stereocenters. The third-order valence-electron chi connectivity index (χ3n) is 1.56. The van der Waals surface area contributed by atoms with Gasteiger partial charge in [-0.2, -0.15) is 0 Å². The van der Waals surface area contributed by atoms with Crippen molar-refractivity contribution in [2.75, 3.05) is 19.3 Å². The Balaban J connectivity index is 2.91. The topological polar surface area (TPSA) is 58.3 Å². The zero-order valence-corrected chi connectivity index (χ0v) is 7.46. The first-order valence-electron chi connectivity index (χ1n) is 3.96. The van der Waals surface area contributed by atoms with Crippen LogP contribution >= 0.6 is 0 Å². The molecule has 0 spiro atoms. The van der Waals surface area contributed by atoms with E-state index in [1.54, 1.807) is 18.2 Å². The SMILES string of the molecule is CNCC#Cc1cccc(N)c1O. The third kappa shape index (κ3) is 2.39. The summed E-state index contributed by atoms with van der Waals surface area (Å²) in [7, 11) is 1.81. The lowest BCUT2D eigenvalue weighted by atomic mass is 10.2. The van der Waals surface area contributed by atoms with E-state index in [1.165, 1.54) is 0 Å². The second-order valence-corrected chi connectivity index (χ2v) is 2.58. The van der Waals surface area contributed by atoms with E-state index in [9.17, 15) is 5.11 Å². The van der Waals surface area contributed by atoms with E-state index in [2.05, 4.69) is 17.2 Å². The first-order valence-corrected chi connectivity index (χ1v) is 3.96. The van der Waals surface area contributed by atoms with E-state index in [0.717, 1.165) is 0 Å². The Kier molecular flexibility index (Phi) is 3.18. The van der Waals surface area contributed by atoms with Crippen LogP contribution in [0, 0.1) is 11.8 Å². The van der Waals surface area contributed by atoms with E-state index in [-0.39, 0.29) is 5.75 Å². The summed E-state index contributed by atoms with van der Waals surface area (Å²) < 4.78 is 0. The smallest absolute Gasteiger partial charge is 0.154 e. The molecule has 1 aromatic rings. The average molecular weight is 176 g/mol. The van der Waals surface area contributed by atoms with Gasteiger partial charge in [-0.25, -0.2) is 0 Å². The number of nitrogens with one attached hydrogen (secondary N) is 1. The van der Waals surface area contributed by atoms with Crippen LogP contribution in [0.15, 0.2) is 18.2 Å². The molecule has 0 amide bonds. The van der Waals surface area contributed by atoms with Gasteiger partial charge in [-0.05, 0) is 19.2 Å². The van der Waals surface area contributed by atoms with E-state index in [4.69, 9.17) is 5.73 Å². The van der Waals surface area contributed by atoms with Crippen molar-refractivity contribution in [1.82, 2.24) is 5.32 Å². The molecule has 0 saturated heterocycles. The van der Waals surface area contributed by atoms with Crippen LogP contribution < -0.4 is 11.1 Å². The quantitative estimate of drug-likeness (QED) is 0.332. The minimum Gasteiger partial charge on any atom is -0.505 e. The van der Waals surface area contributed by atoms with Gasteiger partial charge in [0.25, 0.3) is 0 Å². The molecule has 0 radical (unpaired) electrons. The Morgan fingerprint density at radius 1 is 1.54 bits per heavy atom. The molecule has 4 N–H and O–H groups in total. The van der Waals surface area contributed by atoms with Gasteiger partial charge in [0.1, 0.15) is 0 Å². The zero-order valence-electron chi connectivity index (χ0n) is 7.46. The number of benzene rings is 1. The molecule has 68 valence electrons. The van der Waals surface area contributed by atoms with Gasteiger partial charge < -0.3 is 16.2 Å². The third-order valence-corrected chi connectivity index (χ3v) is 1.56. The maximum Gasteiger partial charge on any atom is 0.154 e. The maximum atomic E-state index is 9.45. The zero-order chi connectivity index (χ0) is 9.68. The Morgan fingerprint density at radius 3 is 3.00 bits per heavy atom. The van der Waals surface area contributed by atoms with Crippen molar-refractivity contribution in [2.45, 2.75) is 0 Å². The first-order chi connectivity index (χ1) is 6.25. The van der Waals surface area contributed by atoms with Gasteiger partial charge in [0, 0.05) is 0 Å². The van der Waals surface area contributed by atoms with Crippen molar-refractivity contribution in [3.63, 3.8) is 0 Å². The maximum absolute atomic E-state index is 9.45. The highest BCUT2D eigenvalue weighted by atomic mass is 16.3. The van der Waals surface area contributed by atoms with Crippen molar-refractivity contribution in [3.8, 4) is 17.6 Å². The number of hydrogen-bond donors (Lipinski definition) is 3. The lowest BCUT2D eigenvalue weighted by Gasteiger charge is -1.99. The van der Waals surface area contributed by atoms with Gasteiger partial charge in [0.15, 0.2) is 5.75 Å². The fraction of sp³-hybridized carbons (Fsp3) is 0.200. The minimum atomic E-state index is 0.0612. The molecule has 1 aromatic carbocycles. The molecule has 0 unspecified atom stereocenters. The number of para-hydroxylation sites is 1. The number of rotatable bonds is 1. The average Bonchev–Trinajstić information content (AvgIpc) is 2.13. The van der Waals surface area contributed by atoms with Crippen LogP contribution in [0.25, 0.3) is 0 Å². The van der Waals surface area contributed by atoms with Crippen molar-refractivity contribution in [1.29, 1.82) is 0 Å². The lowest BCUT2D eigenvalue weighted by Crippen LogP contribution is -2.04. The van der Waals surface area contributed by atoms with Gasteiger partial charge in [0.05, 0.1) is 17.8 Å². The van der Waals surface area contributed by atoms with Gasteiger partial charge in [-0.3, -0.25) is 0 Å². The number of nitrogens with two attached hydrogens (primary N) is 1. The van der Waals surface area contributed by atoms with E-state index < -0.39 is 0 Å². The van der Waals surface area contributed by atoms with Crippen LogP contribution in [0.1, 0.15) is 5.56 Å². The molecule has 3 nitrogen and oxygen atoms in total. The van der Waals surface area contributed by atoms with Gasteiger partial charge >= 0.3 is 0 Å². The Morgan fingerprint density at radius 2 is 2.31 bits per heavy atom. The number of hydrogen-bond acceptors (Lipinski definition) is 3. The van der Waals surface area contributed by atoms with E-state index >= 15 is 0 Å². The molecular formula is C10H12N2O. The largest absolute Gasteiger partial charge is 0.505 e. The highest BCUT2D eigenvalue weighted by Gasteiger charge is 1.99. The second-order valence-electron chi connectivity index (χ2n) is 2.58. The van der Waals surface area contributed by atoms with Gasteiger partial charge in [0.2, 0.25) is 0 Å². The molecular weight excluding hydrogens is 164 g/mol. The van der Waals surface area contributed by atoms with Crippen LogP contribution in [0.5, 0.6) is 5.75 Å². The van der Waals surface area contributed by atoms with Crippen molar-refractivity contribution >= 4 is 5.69 Å². The molecule has 0 aliphatic heterocycles. The Hall–Kier alpha value is -1.66. The molecule has 1 rings (SSSR count). The molecule has 13 heavy (non-hydrogen) atoms. The minimum absolute atomic E-state index is 0.0612. The molecule has 0 bridgehead atoms. The highest BCUT2D eigenvalue weighted by molar-refractivity contribution is 5.60. The summed E-state index contributed by atoms with van der Waals surface area (Å²) in [5, 5.41) is 12.3. The Labute approximate surface area is 77.6 Å². The second kappa shape index (κ2) is 4.39. The predicted octanol–water partition coefficient (Wildman–Crippen LogP) is 0.545. The van der Waals surface area contributed by atoms with Gasteiger partial charge in [-0.1, -0.05) is 17.9 Å². The van der Waals surface area contributed by atoms with Gasteiger partial charge in [-0.15, -0.1) is 0 Å². The predicted molar refractivity (Wildman–Crippen MR) is 53.3 cm³/mol. The van der Waals surface area contributed by atoms with Crippen LogP contribution in [0.2, 0.25) is 0 Å². The molecule has 0 aliphatic rings. The molecule has 0 heterocycles. The lowest BCUT2D eigenvalue weighted by molar-refractivity contribution is 0.476. The van der Waals surface area contributed by atoms with Crippen molar-refractivity contribution in [2.24, 2.45) is 0 Å². The fourth-order valence-corrected chi connectivity index (χ4v) is 0.890.